The summed E-state index contributed by atoms with van der Waals surface area (Å²) >= 11 is 0. The molecular weight excluding hydrogens is 194 g/mol. The molecule has 0 heterocycles. The molecule has 0 saturated heterocycles. The van der Waals surface area contributed by atoms with E-state index >= 15 is 0 Å². The monoisotopic (exact) mass is 202 g/mol. The Bertz CT molecular complexity index is 315. The number of rotatable bonds is 5. The molecule has 0 atom stereocenters. The number of ether oxygens (including phenoxy) is 2. The van der Waals surface area contributed by atoms with Crippen molar-refractivity contribution in [2.24, 2.45) is 0 Å². The molecule has 0 aliphatic rings. The fraction of sp³-hybridized carbons (Fsp3) is 0.222. The van der Waals surface area contributed by atoms with Gasteiger partial charge in [-0.2, -0.15) is 0 Å². The van der Waals surface area contributed by atoms with Crippen LogP contribution in [0.2, 0.25) is 0 Å². The van der Waals surface area contributed by atoms with Crippen LogP contribution in [0.3, 0.4) is 0 Å². The van der Waals surface area contributed by atoms with Crippen molar-refractivity contribution in [3.63, 3.8) is 0 Å². The van der Waals surface area contributed by atoms with Crippen LogP contribution < -0.4 is 9.47 Å². The number of benzene rings is 1. The summed E-state index contributed by atoms with van der Waals surface area (Å²) in [5.41, 5.74) is 0.305. The Balaban J connectivity index is 2.96. The third kappa shape index (κ3) is 2.42. The lowest BCUT2D eigenvalue weighted by Crippen LogP contribution is -1.97. The fourth-order valence-electron chi connectivity index (χ4n) is 0.948. The van der Waals surface area contributed by atoms with Gasteiger partial charge in [0, 0.05) is 5.56 Å². The maximum Gasteiger partial charge on any atom is 0.228 e. The van der Waals surface area contributed by atoms with Crippen molar-refractivity contribution in [1.29, 1.82) is 0 Å². The Labute approximate surface area is 79.2 Å². The third-order valence-corrected chi connectivity index (χ3v) is 1.52. The highest BCUT2D eigenvalue weighted by molar-refractivity contribution is 5.76. The zero-order valence-electron chi connectivity index (χ0n) is 7.20. The molecule has 0 radical (unpaired) electrons. The molecule has 0 fully saturated rings. The van der Waals surface area contributed by atoms with Gasteiger partial charge in [0.05, 0.1) is 0 Å². The first-order valence-corrected chi connectivity index (χ1v) is 3.78. The molecular formula is C9H8F2O3. The van der Waals surface area contributed by atoms with E-state index in [0.29, 0.717) is 11.8 Å². The lowest BCUT2D eigenvalue weighted by atomic mass is 10.2. The molecule has 0 spiro atoms. The van der Waals surface area contributed by atoms with Crippen LogP contribution >= 0.6 is 0 Å². The number of aldehydes is 1. The summed E-state index contributed by atoms with van der Waals surface area (Å²) < 4.78 is 32.7. The van der Waals surface area contributed by atoms with Gasteiger partial charge in [0.25, 0.3) is 0 Å². The highest BCUT2D eigenvalue weighted by Gasteiger charge is 2.06. The second-order valence-electron chi connectivity index (χ2n) is 2.33. The first-order chi connectivity index (χ1) is 6.81. The van der Waals surface area contributed by atoms with Crippen LogP contribution in [0.4, 0.5) is 8.78 Å². The standard InChI is InChI=1S/C9H8F2O3/c10-5-13-8-2-1-7(4-12)3-9(8)14-6-11/h1-4H,5-6H2. The predicted molar refractivity (Wildman–Crippen MR) is 45.0 cm³/mol. The Hall–Kier alpha value is -1.65. The molecule has 0 unspecified atom stereocenters. The van der Waals surface area contributed by atoms with E-state index in [9.17, 15) is 13.6 Å². The van der Waals surface area contributed by atoms with E-state index in [1.807, 2.05) is 0 Å². The van der Waals surface area contributed by atoms with Crippen molar-refractivity contribution in [1.82, 2.24) is 0 Å². The molecule has 14 heavy (non-hydrogen) atoms. The molecule has 1 aromatic rings. The van der Waals surface area contributed by atoms with E-state index in [-0.39, 0.29) is 11.5 Å². The number of alkyl halides is 2. The highest BCUT2D eigenvalue weighted by Crippen LogP contribution is 2.28. The zero-order chi connectivity index (χ0) is 10.4. The van der Waals surface area contributed by atoms with Crippen molar-refractivity contribution in [3.05, 3.63) is 23.8 Å². The van der Waals surface area contributed by atoms with Gasteiger partial charge in [-0.25, -0.2) is 8.78 Å². The molecule has 3 nitrogen and oxygen atoms in total. The van der Waals surface area contributed by atoms with Gasteiger partial charge in [0.1, 0.15) is 6.29 Å². The van der Waals surface area contributed by atoms with Crippen LogP contribution in [0.5, 0.6) is 11.5 Å². The first-order valence-electron chi connectivity index (χ1n) is 3.78. The Kier molecular flexibility index (Phi) is 3.84. The smallest absolute Gasteiger partial charge is 0.228 e. The van der Waals surface area contributed by atoms with Crippen LogP contribution in [0.1, 0.15) is 10.4 Å². The number of hydrogen-bond acceptors (Lipinski definition) is 3. The van der Waals surface area contributed by atoms with Gasteiger partial charge in [0.15, 0.2) is 11.5 Å². The summed E-state index contributed by atoms with van der Waals surface area (Å²) in [5, 5.41) is 0. The molecule has 0 amide bonds. The number of hydrogen-bond donors (Lipinski definition) is 0. The second-order valence-corrected chi connectivity index (χ2v) is 2.33. The Morgan fingerprint density at radius 3 is 2.36 bits per heavy atom. The quantitative estimate of drug-likeness (QED) is 0.686. The van der Waals surface area contributed by atoms with Crippen LogP contribution in [0.25, 0.3) is 0 Å². The largest absolute Gasteiger partial charge is 0.459 e. The fourth-order valence-corrected chi connectivity index (χ4v) is 0.948. The second kappa shape index (κ2) is 5.16. The Morgan fingerprint density at radius 2 is 1.79 bits per heavy atom. The van der Waals surface area contributed by atoms with Gasteiger partial charge in [0.2, 0.25) is 13.7 Å². The Morgan fingerprint density at radius 1 is 1.14 bits per heavy atom. The van der Waals surface area contributed by atoms with Crippen LogP contribution in [-0.4, -0.2) is 20.0 Å². The minimum Gasteiger partial charge on any atom is -0.459 e. The van der Waals surface area contributed by atoms with Crippen molar-refractivity contribution < 1.29 is 23.0 Å². The van der Waals surface area contributed by atoms with Crippen LogP contribution in [-0.2, 0) is 0 Å². The molecule has 0 aromatic heterocycles. The average molecular weight is 202 g/mol. The molecule has 76 valence electrons. The molecule has 1 rings (SSSR count). The van der Waals surface area contributed by atoms with Gasteiger partial charge >= 0.3 is 0 Å². The van der Waals surface area contributed by atoms with Gasteiger partial charge in [-0.1, -0.05) is 0 Å². The van der Waals surface area contributed by atoms with Crippen LogP contribution in [0.15, 0.2) is 18.2 Å². The molecule has 0 bridgehead atoms. The van der Waals surface area contributed by atoms with Crippen molar-refractivity contribution >= 4 is 6.29 Å². The van der Waals surface area contributed by atoms with Gasteiger partial charge in [-0.05, 0) is 18.2 Å². The highest BCUT2D eigenvalue weighted by atomic mass is 19.1. The summed E-state index contributed by atoms with van der Waals surface area (Å²) in [7, 11) is 0. The third-order valence-electron chi connectivity index (χ3n) is 1.52. The van der Waals surface area contributed by atoms with E-state index in [1.54, 1.807) is 0 Å². The van der Waals surface area contributed by atoms with Crippen molar-refractivity contribution in [3.8, 4) is 11.5 Å². The molecule has 0 aliphatic heterocycles. The molecule has 0 saturated carbocycles. The average Bonchev–Trinajstić information content (AvgIpc) is 2.21. The summed E-state index contributed by atoms with van der Waals surface area (Å²) in [5.74, 6) is 0.0745. The van der Waals surface area contributed by atoms with Gasteiger partial charge in [-0.15, -0.1) is 0 Å². The first kappa shape index (κ1) is 10.4. The SMILES string of the molecule is O=Cc1ccc(OCF)c(OCF)c1. The summed E-state index contributed by atoms with van der Waals surface area (Å²) in [4.78, 5) is 10.4. The minimum atomic E-state index is -1.06. The minimum absolute atomic E-state index is 0.00903. The summed E-state index contributed by atoms with van der Waals surface area (Å²) in [6, 6.07) is 4.04. The van der Waals surface area contributed by atoms with E-state index < -0.39 is 13.7 Å². The topological polar surface area (TPSA) is 35.5 Å². The van der Waals surface area contributed by atoms with Crippen molar-refractivity contribution in [2.75, 3.05) is 13.7 Å². The summed E-state index contributed by atoms with van der Waals surface area (Å²) in [6.45, 7) is -2.10. The van der Waals surface area contributed by atoms with Crippen LogP contribution in [0, 0.1) is 0 Å². The molecule has 1 aromatic carbocycles. The van der Waals surface area contributed by atoms with E-state index in [4.69, 9.17) is 0 Å². The van der Waals surface area contributed by atoms with Gasteiger partial charge in [-0.3, -0.25) is 4.79 Å². The molecule has 0 aliphatic carbocycles. The van der Waals surface area contributed by atoms with Crippen molar-refractivity contribution in [2.45, 2.75) is 0 Å². The normalized spacial score (nSPS) is 9.57. The zero-order valence-corrected chi connectivity index (χ0v) is 7.20. The molecule has 5 heteroatoms. The number of carbonyl (C=O) groups excluding carboxylic acids is 1. The summed E-state index contributed by atoms with van der Waals surface area (Å²) in [6.07, 6.45) is 0.574. The maximum absolute atomic E-state index is 11.9. The van der Waals surface area contributed by atoms with E-state index in [0.717, 1.165) is 0 Å². The number of carbonyl (C=O) groups is 1. The van der Waals surface area contributed by atoms with Gasteiger partial charge < -0.3 is 9.47 Å². The lowest BCUT2D eigenvalue weighted by molar-refractivity contribution is 0.112. The van der Waals surface area contributed by atoms with E-state index in [2.05, 4.69) is 9.47 Å². The maximum atomic E-state index is 11.9. The lowest BCUT2D eigenvalue weighted by Gasteiger charge is -2.08. The molecule has 0 N–H and O–H groups in total. The number of halogens is 2. The van der Waals surface area contributed by atoms with E-state index in [1.165, 1.54) is 18.2 Å². The predicted octanol–water partition coefficient (Wildman–Crippen LogP) is 2.11.